The highest BCUT2D eigenvalue weighted by Crippen LogP contribution is 2.56. The van der Waals surface area contributed by atoms with Gasteiger partial charge in [0.2, 0.25) is 0 Å². The van der Waals surface area contributed by atoms with Gasteiger partial charge in [-0.3, -0.25) is 0 Å². The molecule has 0 saturated heterocycles. The molecule has 0 heterocycles. The fraction of sp³-hybridized carbons (Fsp3) is 0.625. The van der Waals surface area contributed by atoms with Gasteiger partial charge in [0.05, 0.1) is 7.11 Å². The van der Waals surface area contributed by atoms with Crippen molar-refractivity contribution in [2.75, 3.05) is 7.11 Å². The number of hydrogen-bond donors (Lipinski definition) is 1. The molecule has 0 radical (unpaired) electrons. The van der Waals surface area contributed by atoms with E-state index < -0.39 is 0 Å². The Balaban J connectivity index is 1.83. The molecule has 2 aliphatic rings. The third-order valence-electron chi connectivity index (χ3n) is 4.86. The lowest BCUT2D eigenvalue weighted by atomic mass is 9.88. The number of benzene rings is 1. The summed E-state index contributed by atoms with van der Waals surface area (Å²) in [7, 11) is 1.74. The van der Waals surface area contributed by atoms with Gasteiger partial charge in [0.25, 0.3) is 0 Å². The summed E-state index contributed by atoms with van der Waals surface area (Å²) in [4.78, 5) is 0. The van der Waals surface area contributed by atoms with Gasteiger partial charge >= 0.3 is 0 Å². The minimum Gasteiger partial charge on any atom is -0.496 e. The molecule has 2 N–H and O–H groups in total. The largest absolute Gasteiger partial charge is 0.496 e. The first kappa shape index (κ1) is 12.0. The Morgan fingerprint density at radius 1 is 1.11 bits per heavy atom. The van der Waals surface area contributed by atoms with E-state index in [4.69, 9.17) is 10.5 Å². The standard InChI is InChI=1S/C16H23NO/c1-9-4-13(5-10(2)16(9)18-3)15(17)14-7-11-6-12(11)8-14/h4-5,11-12,14-15H,6-8,17H2,1-3H3. The fourth-order valence-corrected chi connectivity index (χ4v) is 3.83. The van der Waals surface area contributed by atoms with Gasteiger partial charge in [0, 0.05) is 6.04 Å². The SMILES string of the molecule is COc1c(C)cc(C(N)C2CC3CC3C2)cc1C. The molecule has 3 rings (SSSR count). The van der Waals surface area contributed by atoms with E-state index in [9.17, 15) is 0 Å². The van der Waals surface area contributed by atoms with E-state index in [1.807, 2.05) is 0 Å². The molecular weight excluding hydrogens is 222 g/mol. The molecule has 2 fully saturated rings. The van der Waals surface area contributed by atoms with Crippen molar-refractivity contribution in [1.29, 1.82) is 0 Å². The summed E-state index contributed by atoms with van der Waals surface area (Å²) < 4.78 is 5.42. The van der Waals surface area contributed by atoms with Gasteiger partial charge in [-0.2, -0.15) is 0 Å². The fourth-order valence-electron chi connectivity index (χ4n) is 3.83. The molecule has 0 bridgehead atoms. The second-order valence-corrected chi connectivity index (χ2v) is 6.20. The Bertz CT molecular complexity index is 435. The number of ether oxygens (including phenoxy) is 1. The van der Waals surface area contributed by atoms with Crippen LogP contribution in [-0.4, -0.2) is 7.11 Å². The van der Waals surface area contributed by atoms with Crippen LogP contribution in [0.25, 0.3) is 0 Å². The van der Waals surface area contributed by atoms with E-state index in [0.717, 1.165) is 17.6 Å². The smallest absolute Gasteiger partial charge is 0.124 e. The van der Waals surface area contributed by atoms with Gasteiger partial charge in [-0.1, -0.05) is 12.1 Å². The Labute approximate surface area is 110 Å². The van der Waals surface area contributed by atoms with Gasteiger partial charge < -0.3 is 10.5 Å². The Hall–Kier alpha value is -1.02. The summed E-state index contributed by atoms with van der Waals surface area (Å²) in [5.41, 5.74) is 10.2. The summed E-state index contributed by atoms with van der Waals surface area (Å²) in [6.07, 6.45) is 4.15. The molecule has 0 aliphatic heterocycles. The molecule has 0 spiro atoms. The van der Waals surface area contributed by atoms with Crippen molar-refractivity contribution in [2.24, 2.45) is 23.5 Å². The van der Waals surface area contributed by atoms with Gasteiger partial charge in [0.15, 0.2) is 0 Å². The molecular formula is C16H23NO. The van der Waals surface area contributed by atoms with Crippen molar-refractivity contribution in [2.45, 2.75) is 39.2 Å². The van der Waals surface area contributed by atoms with Crippen LogP contribution in [0.1, 0.15) is 42.0 Å². The molecule has 0 aromatic heterocycles. The third-order valence-corrected chi connectivity index (χ3v) is 4.86. The molecule has 98 valence electrons. The average molecular weight is 245 g/mol. The second-order valence-electron chi connectivity index (χ2n) is 6.20. The van der Waals surface area contributed by atoms with Crippen molar-refractivity contribution in [3.63, 3.8) is 0 Å². The van der Waals surface area contributed by atoms with Gasteiger partial charge in [-0.15, -0.1) is 0 Å². The number of nitrogens with two attached hydrogens (primary N) is 1. The van der Waals surface area contributed by atoms with Crippen molar-refractivity contribution >= 4 is 0 Å². The average Bonchev–Trinajstić information content (AvgIpc) is 2.95. The zero-order valence-electron chi connectivity index (χ0n) is 11.6. The van der Waals surface area contributed by atoms with Crippen LogP contribution in [0.2, 0.25) is 0 Å². The van der Waals surface area contributed by atoms with E-state index in [0.29, 0.717) is 5.92 Å². The van der Waals surface area contributed by atoms with E-state index >= 15 is 0 Å². The summed E-state index contributed by atoms with van der Waals surface area (Å²) in [5.74, 6) is 3.70. The Kier molecular flexibility index (Phi) is 2.86. The number of methoxy groups -OCH3 is 1. The van der Waals surface area contributed by atoms with E-state index in [1.165, 1.54) is 36.0 Å². The van der Waals surface area contributed by atoms with Crippen molar-refractivity contribution in [3.8, 4) is 5.75 Å². The molecule has 0 amide bonds. The zero-order valence-corrected chi connectivity index (χ0v) is 11.6. The number of hydrogen-bond acceptors (Lipinski definition) is 2. The van der Waals surface area contributed by atoms with Crippen LogP contribution < -0.4 is 10.5 Å². The van der Waals surface area contributed by atoms with Gasteiger partial charge in [-0.25, -0.2) is 0 Å². The summed E-state index contributed by atoms with van der Waals surface area (Å²) >= 11 is 0. The highest BCUT2D eigenvalue weighted by molar-refractivity contribution is 5.44. The highest BCUT2D eigenvalue weighted by Gasteiger charge is 2.47. The van der Waals surface area contributed by atoms with E-state index in [1.54, 1.807) is 7.11 Å². The lowest BCUT2D eigenvalue weighted by Crippen LogP contribution is -2.20. The molecule has 1 aromatic rings. The summed E-state index contributed by atoms with van der Waals surface area (Å²) in [5, 5.41) is 0. The maximum Gasteiger partial charge on any atom is 0.124 e. The van der Waals surface area contributed by atoms with Crippen LogP contribution in [-0.2, 0) is 0 Å². The van der Waals surface area contributed by atoms with Crippen LogP contribution in [0, 0.1) is 31.6 Å². The van der Waals surface area contributed by atoms with Crippen LogP contribution in [0.5, 0.6) is 5.75 Å². The zero-order chi connectivity index (χ0) is 12.9. The van der Waals surface area contributed by atoms with Gasteiger partial charge in [0.1, 0.15) is 5.75 Å². The van der Waals surface area contributed by atoms with Crippen molar-refractivity contribution < 1.29 is 4.74 Å². The van der Waals surface area contributed by atoms with Crippen LogP contribution in [0.15, 0.2) is 12.1 Å². The minimum absolute atomic E-state index is 0.209. The molecule has 2 aliphatic carbocycles. The van der Waals surface area contributed by atoms with Gasteiger partial charge in [-0.05, 0) is 67.6 Å². The normalized spacial score (nSPS) is 31.0. The molecule has 1 aromatic carbocycles. The maximum atomic E-state index is 6.47. The molecule has 2 heteroatoms. The van der Waals surface area contributed by atoms with Crippen LogP contribution in [0.3, 0.4) is 0 Å². The minimum atomic E-state index is 0.209. The molecule has 3 unspecified atom stereocenters. The topological polar surface area (TPSA) is 35.2 Å². The first-order chi connectivity index (χ1) is 8.60. The highest BCUT2D eigenvalue weighted by atomic mass is 16.5. The van der Waals surface area contributed by atoms with E-state index in [2.05, 4.69) is 26.0 Å². The molecule has 18 heavy (non-hydrogen) atoms. The molecule has 3 atom stereocenters. The first-order valence-electron chi connectivity index (χ1n) is 7.01. The Morgan fingerprint density at radius 3 is 2.17 bits per heavy atom. The summed E-state index contributed by atoms with van der Waals surface area (Å²) in [6, 6.07) is 4.63. The lowest BCUT2D eigenvalue weighted by Gasteiger charge is -2.22. The quantitative estimate of drug-likeness (QED) is 0.886. The third kappa shape index (κ3) is 1.93. The Morgan fingerprint density at radius 2 is 1.67 bits per heavy atom. The van der Waals surface area contributed by atoms with Crippen molar-refractivity contribution in [3.05, 3.63) is 28.8 Å². The van der Waals surface area contributed by atoms with Crippen molar-refractivity contribution in [1.82, 2.24) is 0 Å². The van der Waals surface area contributed by atoms with Crippen LogP contribution >= 0.6 is 0 Å². The maximum absolute atomic E-state index is 6.47. The molecule has 2 saturated carbocycles. The predicted octanol–water partition coefficient (Wildman–Crippen LogP) is 3.36. The monoisotopic (exact) mass is 245 g/mol. The van der Waals surface area contributed by atoms with Crippen LogP contribution in [0.4, 0.5) is 0 Å². The van der Waals surface area contributed by atoms with E-state index in [-0.39, 0.29) is 6.04 Å². The first-order valence-corrected chi connectivity index (χ1v) is 7.01. The second kappa shape index (κ2) is 4.27. The number of aryl methyl sites for hydroxylation is 2. The number of rotatable bonds is 3. The molecule has 2 nitrogen and oxygen atoms in total. The summed E-state index contributed by atoms with van der Waals surface area (Å²) in [6.45, 7) is 4.21. The predicted molar refractivity (Wildman–Crippen MR) is 73.7 cm³/mol. The lowest BCUT2D eigenvalue weighted by molar-refractivity contribution is 0.398. The number of fused-ring (bicyclic) bond motifs is 1.